The van der Waals surface area contributed by atoms with Crippen LogP contribution in [0.3, 0.4) is 0 Å². The van der Waals surface area contributed by atoms with E-state index in [1.807, 2.05) is 0 Å². The summed E-state index contributed by atoms with van der Waals surface area (Å²) in [6.07, 6.45) is -4.85. The molecule has 0 spiro atoms. The Hall–Kier alpha value is -2.57. The standard InChI is InChI=1S/C14H11F3N2O2/c1-19-10(8-5-3-2-4-6-8)7-9(14(15,16)17)11(12(18)20)13(19)21/h2-7H,1H3,(H2,18,20). The largest absolute Gasteiger partial charge is 0.417 e. The molecule has 21 heavy (non-hydrogen) atoms. The van der Waals surface area contributed by atoms with Gasteiger partial charge in [0, 0.05) is 7.05 Å². The van der Waals surface area contributed by atoms with Gasteiger partial charge in [-0.15, -0.1) is 0 Å². The number of aromatic nitrogens is 1. The maximum absolute atomic E-state index is 13.1. The van der Waals surface area contributed by atoms with Crippen LogP contribution in [0.1, 0.15) is 15.9 Å². The molecule has 0 aliphatic carbocycles. The predicted molar refractivity (Wildman–Crippen MR) is 70.6 cm³/mol. The summed E-state index contributed by atoms with van der Waals surface area (Å²) in [4.78, 5) is 23.2. The van der Waals surface area contributed by atoms with Crippen molar-refractivity contribution >= 4 is 5.91 Å². The van der Waals surface area contributed by atoms with Gasteiger partial charge in [-0.2, -0.15) is 13.2 Å². The van der Waals surface area contributed by atoms with Crippen molar-refractivity contribution in [2.75, 3.05) is 0 Å². The molecule has 0 bridgehead atoms. The van der Waals surface area contributed by atoms with Crippen molar-refractivity contribution in [2.45, 2.75) is 6.18 Å². The van der Waals surface area contributed by atoms with Gasteiger partial charge in [0.25, 0.3) is 11.5 Å². The van der Waals surface area contributed by atoms with Crippen molar-refractivity contribution in [3.8, 4) is 11.3 Å². The van der Waals surface area contributed by atoms with E-state index >= 15 is 0 Å². The lowest BCUT2D eigenvalue weighted by Crippen LogP contribution is -2.33. The molecule has 0 radical (unpaired) electrons. The minimum Gasteiger partial charge on any atom is -0.365 e. The smallest absolute Gasteiger partial charge is 0.365 e. The average molecular weight is 296 g/mol. The molecule has 0 unspecified atom stereocenters. The van der Waals surface area contributed by atoms with Crippen LogP contribution in [0, 0.1) is 0 Å². The van der Waals surface area contributed by atoms with E-state index < -0.39 is 28.8 Å². The van der Waals surface area contributed by atoms with E-state index in [-0.39, 0.29) is 5.69 Å². The van der Waals surface area contributed by atoms with Crippen molar-refractivity contribution < 1.29 is 18.0 Å². The molecule has 1 aromatic carbocycles. The lowest BCUT2D eigenvalue weighted by Gasteiger charge is -2.15. The zero-order valence-electron chi connectivity index (χ0n) is 10.9. The maximum atomic E-state index is 13.1. The van der Waals surface area contributed by atoms with E-state index in [1.165, 1.54) is 7.05 Å². The molecule has 2 aromatic rings. The summed E-state index contributed by atoms with van der Waals surface area (Å²) in [5.74, 6) is -1.40. The second-order valence-corrected chi connectivity index (χ2v) is 4.41. The second-order valence-electron chi connectivity index (χ2n) is 4.41. The van der Waals surface area contributed by atoms with Gasteiger partial charge in [-0.1, -0.05) is 30.3 Å². The van der Waals surface area contributed by atoms with Gasteiger partial charge in [0.2, 0.25) is 0 Å². The highest BCUT2D eigenvalue weighted by molar-refractivity contribution is 5.94. The molecule has 2 N–H and O–H groups in total. The van der Waals surface area contributed by atoms with Crippen LogP contribution < -0.4 is 11.3 Å². The molecule has 0 fully saturated rings. The molecule has 0 saturated heterocycles. The Morgan fingerprint density at radius 2 is 1.76 bits per heavy atom. The first-order chi connectivity index (χ1) is 9.73. The van der Waals surface area contributed by atoms with Crippen LogP contribution in [0.5, 0.6) is 0 Å². The number of amides is 1. The maximum Gasteiger partial charge on any atom is 0.417 e. The van der Waals surface area contributed by atoms with Crippen LogP contribution >= 0.6 is 0 Å². The fourth-order valence-electron chi connectivity index (χ4n) is 2.05. The van der Waals surface area contributed by atoms with Gasteiger partial charge in [-0.25, -0.2) is 0 Å². The van der Waals surface area contributed by atoms with Crippen LogP contribution in [0.15, 0.2) is 41.2 Å². The monoisotopic (exact) mass is 296 g/mol. The predicted octanol–water partition coefficient (Wildman–Crippen LogP) is 2.17. The zero-order valence-corrected chi connectivity index (χ0v) is 10.9. The van der Waals surface area contributed by atoms with Crippen LogP contribution in [-0.4, -0.2) is 10.5 Å². The van der Waals surface area contributed by atoms with Crippen LogP contribution in [0.25, 0.3) is 11.3 Å². The number of halogens is 3. The number of hydrogen-bond acceptors (Lipinski definition) is 2. The third kappa shape index (κ3) is 2.67. The molecule has 0 atom stereocenters. The first kappa shape index (κ1) is 14.8. The molecule has 0 aliphatic heterocycles. The number of carbonyl (C=O) groups is 1. The highest BCUT2D eigenvalue weighted by Crippen LogP contribution is 2.33. The van der Waals surface area contributed by atoms with Gasteiger partial charge in [0.15, 0.2) is 0 Å². The number of nitrogens with two attached hydrogens (primary N) is 1. The number of benzene rings is 1. The molecule has 0 aliphatic rings. The summed E-state index contributed by atoms with van der Waals surface area (Å²) in [5.41, 5.74) is 1.95. The summed E-state index contributed by atoms with van der Waals surface area (Å²) in [6.45, 7) is 0. The third-order valence-electron chi connectivity index (χ3n) is 3.05. The van der Waals surface area contributed by atoms with Crippen molar-refractivity contribution in [1.29, 1.82) is 0 Å². The van der Waals surface area contributed by atoms with E-state index in [0.717, 1.165) is 10.6 Å². The summed E-state index contributed by atoms with van der Waals surface area (Å²) < 4.78 is 40.2. The van der Waals surface area contributed by atoms with Crippen molar-refractivity contribution in [2.24, 2.45) is 12.8 Å². The van der Waals surface area contributed by atoms with Gasteiger partial charge < -0.3 is 10.3 Å². The van der Waals surface area contributed by atoms with Gasteiger partial charge in [-0.3, -0.25) is 9.59 Å². The average Bonchev–Trinajstić information content (AvgIpc) is 2.40. The van der Waals surface area contributed by atoms with E-state index in [1.54, 1.807) is 30.3 Å². The quantitative estimate of drug-likeness (QED) is 0.923. The van der Waals surface area contributed by atoms with Crippen molar-refractivity contribution in [1.82, 2.24) is 4.57 Å². The fraction of sp³-hybridized carbons (Fsp3) is 0.143. The first-order valence-corrected chi connectivity index (χ1v) is 5.90. The number of hydrogen-bond donors (Lipinski definition) is 1. The lowest BCUT2D eigenvalue weighted by atomic mass is 10.0. The molecule has 1 aromatic heterocycles. The molecule has 4 nitrogen and oxygen atoms in total. The van der Waals surface area contributed by atoms with Crippen LogP contribution in [-0.2, 0) is 13.2 Å². The Morgan fingerprint density at radius 1 is 1.19 bits per heavy atom. The second kappa shape index (κ2) is 5.08. The molecule has 0 saturated carbocycles. The number of pyridine rings is 1. The van der Waals surface area contributed by atoms with E-state index in [4.69, 9.17) is 5.73 Å². The Kier molecular flexibility index (Phi) is 3.59. The van der Waals surface area contributed by atoms with Gasteiger partial charge in [0.1, 0.15) is 5.56 Å². The third-order valence-corrected chi connectivity index (χ3v) is 3.05. The Bertz CT molecular complexity index is 749. The normalized spacial score (nSPS) is 11.4. The topological polar surface area (TPSA) is 65.1 Å². The summed E-state index contributed by atoms with van der Waals surface area (Å²) in [7, 11) is 1.29. The number of alkyl halides is 3. The lowest BCUT2D eigenvalue weighted by molar-refractivity contribution is -0.138. The summed E-state index contributed by atoms with van der Waals surface area (Å²) in [6, 6.07) is 8.86. The number of carbonyl (C=O) groups excluding carboxylic acids is 1. The number of primary amides is 1. The molecular weight excluding hydrogens is 285 g/mol. The van der Waals surface area contributed by atoms with Crippen molar-refractivity contribution in [3.05, 3.63) is 57.9 Å². The Balaban J connectivity index is 2.86. The Morgan fingerprint density at radius 3 is 2.24 bits per heavy atom. The van der Waals surface area contributed by atoms with E-state index in [0.29, 0.717) is 5.56 Å². The first-order valence-electron chi connectivity index (χ1n) is 5.90. The van der Waals surface area contributed by atoms with E-state index in [9.17, 15) is 22.8 Å². The van der Waals surface area contributed by atoms with Gasteiger partial charge >= 0.3 is 6.18 Å². The molecule has 7 heteroatoms. The van der Waals surface area contributed by atoms with E-state index in [2.05, 4.69) is 0 Å². The van der Waals surface area contributed by atoms with Gasteiger partial charge in [-0.05, 0) is 11.6 Å². The zero-order chi connectivity index (χ0) is 15.8. The fourth-order valence-corrected chi connectivity index (χ4v) is 2.05. The molecular formula is C14H11F3N2O2. The summed E-state index contributed by atoms with van der Waals surface area (Å²) >= 11 is 0. The SMILES string of the molecule is Cn1c(-c2ccccc2)cc(C(F)(F)F)c(C(N)=O)c1=O. The Labute approximate surface area is 117 Å². The van der Waals surface area contributed by atoms with Crippen LogP contribution in [0.2, 0.25) is 0 Å². The van der Waals surface area contributed by atoms with Crippen molar-refractivity contribution in [3.63, 3.8) is 0 Å². The van der Waals surface area contributed by atoms with Crippen LogP contribution in [0.4, 0.5) is 13.2 Å². The molecule has 1 heterocycles. The highest BCUT2D eigenvalue weighted by Gasteiger charge is 2.37. The molecule has 2 rings (SSSR count). The minimum atomic E-state index is -4.85. The molecule has 1 amide bonds. The molecule has 110 valence electrons. The number of rotatable bonds is 2. The van der Waals surface area contributed by atoms with Gasteiger partial charge in [0.05, 0.1) is 11.3 Å². The number of nitrogens with zero attached hydrogens (tertiary/aromatic N) is 1. The summed E-state index contributed by atoms with van der Waals surface area (Å²) in [5, 5.41) is 0. The minimum absolute atomic E-state index is 0.0536. The highest BCUT2D eigenvalue weighted by atomic mass is 19.4.